The molecular weight excluding hydrogens is 332 g/mol. The Morgan fingerprint density at radius 2 is 2.24 bits per heavy atom. The van der Waals surface area contributed by atoms with Crippen LogP contribution in [0.1, 0.15) is 41.7 Å². The third-order valence-corrected chi connectivity index (χ3v) is 6.35. The van der Waals surface area contributed by atoms with Gasteiger partial charge in [0.2, 0.25) is 0 Å². The van der Waals surface area contributed by atoms with Gasteiger partial charge in [0.1, 0.15) is 17.7 Å². The molecule has 128 valence electrons. The van der Waals surface area contributed by atoms with Gasteiger partial charge in [-0.05, 0) is 43.7 Å². The second-order valence-electron chi connectivity index (χ2n) is 6.90. The van der Waals surface area contributed by atoms with Gasteiger partial charge in [0.05, 0.1) is 11.1 Å². The highest BCUT2D eigenvalue weighted by molar-refractivity contribution is 7.19. The lowest BCUT2D eigenvalue weighted by atomic mass is 9.86. The highest BCUT2D eigenvalue weighted by atomic mass is 32.1. The van der Waals surface area contributed by atoms with Gasteiger partial charge in [-0.3, -0.25) is 4.68 Å². The summed E-state index contributed by atoms with van der Waals surface area (Å²) in [6, 6.07) is 1.99. The van der Waals surface area contributed by atoms with E-state index >= 15 is 0 Å². The maximum Gasteiger partial charge on any atom is 0.173 e. The molecular formula is C18H20N6S. The van der Waals surface area contributed by atoms with Crippen LogP contribution in [-0.2, 0) is 19.4 Å². The molecule has 0 fully saturated rings. The van der Waals surface area contributed by atoms with Gasteiger partial charge in [-0.25, -0.2) is 14.5 Å². The Morgan fingerprint density at radius 3 is 3.04 bits per heavy atom. The monoisotopic (exact) mass is 352 g/mol. The first-order chi connectivity index (χ1) is 12.2. The van der Waals surface area contributed by atoms with Crippen LogP contribution in [0, 0.1) is 12.8 Å². The molecule has 5 rings (SSSR count). The lowest BCUT2D eigenvalue weighted by Gasteiger charge is -2.20. The summed E-state index contributed by atoms with van der Waals surface area (Å²) < 4.78 is 3.70. The molecule has 4 heterocycles. The van der Waals surface area contributed by atoms with E-state index in [0.29, 0.717) is 6.54 Å². The Morgan fingerprint density at radius 1 is 1.32 bits per heavy atom. The lowest BCUT2D eigenvalue weighted by molar-refractivity contribution is 0.451. The average molecular weight is 352 g/mol. The van der Waals surface area contributed by atoms with Gasteiger partial charge >= 0.3 is 0 Å². The van der Waals surface area contributed by atoms with Crippen molar-refractivity contribution in [2.75, 3.05) is 0 Å². The van der Waals surface area contributed by atoms with Crippen LogP contribution in [0.4, 0.5) is 0 Å². The van der Waals surface area contributed by atoms with Crippen molar-refractivity contribution in [3.63, 3.8) is 0 Å². The van der Waals surface area contributed by atoms with E-state index in [4.69, 9.17) is 4.98 Å². The molecule has 0 N–H and O–H groups in total. The molecule has 0 saturated carbocycles. The second-order valence-corrected chi connectivity index (χ2v) is 7.98. The van der Waals surface area contributed by atoms with Crippen LogP contribution < -0.4 is 0 Å². The largest absolute Gasteiger partial charge is 0.265 e. The fourth-order valence-corrected chi connectivity index (χ4v) is 5.09. The van der Waals surface area contributed by atoms with Crippen LogP contribution in [0.3, 0.4) is 0 Å². The summed E-state index contributed by atoms with van der Waals surface area (Å²) in [6.45, 7) is 4.87. The standard InChI is InChI=1S/C18H20N6S/c1-3-12-4-5-13-14(8-12)25-18-16(13)17-20-15(22-24(17)10-19-18)9-23-7-6-11(2)21-23/h6-7,10,12H,3-5,8-9H2,1-2H3. The fraction of sp³-hybridized carbons (Fsp3) is 0.444. The third-order valence-electron chi connectivity index (χ3n) is 5.19. The van der Waals surface area contributed by atoms with Gasteiger partial charge in [0.25, 0.3) is 0 Å². The number of hydrogen-bond acceptors (Lipinski definition) is 5. The zero-order chi connectivity index (χ0) is 17.0. The number of nitrogens with zero attached hydrogens (tertiary/aromatic N) is 6. The molecule has 7 heteroatoms. The molecule has 0 bridgehead atoms. The molecule has 0 radical (unpaired) electrons. The van der Waals surface area contributed by atoms with E-state index in [9.17, 15) is 0 Å². The van der Waals surface area contributed by atoms with Crippen LogP contribution in [0.5, 0.6) is 0 Å². The minimum absolute atomic E-state index is 0.585. The van der Waals surface area contributed by atoms with E-state index in [-0.39, 0.29) is 0 Å². The van der Waals surface area contributed by atoms with Gasteiger partial charge in [0, 0.05) is 11.1 Å². The van der Waals surface area contributed by atoms with Crippen LogP contribution in [0.25, 0.3) is 15.9 Å². The van der Waals surface area contributed by atoms with Crippen molar-refractivity contribution in [2.45, 2.75) is 46.1 Å². The lowest BCUT2D eigenvalue weighted by Crippen LogP contribution is -2.11. The molecule has 0 aliphatic heterocycles. The number of aromatic nitrogens is 6. The quantitative estimate of drug-likeness (QED) is 0.567. The molecule has 4 aromatic heterocycles. The molecule has 1 unspecified atom stereocenters. The minimum Gasteiger partial charge on any atom is -0.265 e. The predicted octanol–water partition coefficient (Wildman–Crippen LogP) is 3.41. The van der Waals surface area contributed by atoms with Crippen molar-refractivity contribution >= 4 is 27.2 Å². The van der Waals surface area contributed by atoms with E-state index < -0.39 is 0 Å². The van der Waals surface area contributed by atoms with Crippen molar-refractivity contribution < 1.29 is 0 Å². The van der Waals surface area contributed by atoms with Gasteiger partial charge < -0.3 is 0 Å². The van der Waals surface area contributed by atoms with Crippen molar-refractivity contribution in [2.24, 2.45) is 5.92 Å². The first-order valence-corrected chi connectivity index (χ1v) is 9.67. The molecule has 0 spiro atoms. The average Bonchev–Trinajstić information content (AvgIpc) is 3.29. The summed E-state index contributed by atoms with van der Waals surface area (Å²) in [5.74, 6) is 1.59. The van der Waals surface area contributed by atoms with E-state index in [1.54, 1.807) is 6.33 Å². The molecule has 1 atom stereocenters. The number of thiophene rings is 1. The number of rotatable bonds is 3. The van der Waals surface area contributed by atoms with Crippen molar-refractivity contribution in [3.8, 4) is 0 Å². The minimum atomic E-state index is 0.585. The summed E-state index contributed by atoms with van der Waals surface area (Å²) in [5, 5.41) is 10.3. The van der Waals surface area contributed by atoms with E-state index in [0.717, 1.165) is 34.3 Å². The van der Waals surface area contributed by atoms with Crippen LogP contribution in [0.2, 0.25) is 0 Å². The molecule has 1 aliphatic rings. The maximum atomic E-state index is 4.82. The molecule has 0 aromatic carbocycles. The Hall–Kier alpha value is -2.28. The van der Waals surface area contributed by atoms with Gasteiger partial charge in [-0.1, -0.05) is 13.3 Å². The van der Waals surface area contributed by atoms with E-state index in [2.05, 4.69) is 22.1 Å². The van der Waals surface area contributed by atoms with Crippen molar-refractivity contribution in [3.05, 3.63) is 40.5 Å². The van der Waals surface area contributed by atoms with E-state index in [1.807, 2.05) is 39.7 Å². The van der Waals surface area contributed by atoms with Crippen LogP contribution in [-0.4, -0.2) is 29.4 Å². The van der Waals surface area contributed by atoms with E-state index in [1.165, 1.54) is 35.1 Å². The van der Waals surface area contributed by atoms with Crippen LogP contribution >= 0.6 is 11.3 Å². The molecule has 25 heavy (non-hydrogen) atoms. The molecule has 0 amide bonds. The van der Waals surface area contributed by atoms with Crippen molar-refractivity contribution in [1.82, 2.24) is 29.4 Å². The zero-order valence-electron chi connectivity index (χ0n) is 14.4. The summed E-state index contributed by atoms with van der Waals surface area (Å²) in [7, 11) is 0. The summed E-state index contributed by atoms with van der Waals surface area (Å²) in [4.78, 5) is 12.1. The fourth-order valence-electron chi connectivity index (χ4n) is 3.80. The molecule has 6 nitrogen and oxygen atoms in total. The molecule has 4 aromatic rings. The topological polar surface area (TPSA) is 60.9 Å². The zero-order valence-corrected chi connectivity index (χ0v) is 15.3. The first kappa shape index (κ1) is 15.0. The maximum absolute atomic E-state index is 4.82. The smallest absolute Gasteiger partial charge is 0.173 e. The summed E-state index contributed by atoms with van der Waals surface area (Å²) in [5.41, 5.74) is 3.40. The Labute approximate surface area is 149 Å². The Bertz CT molecular complexity index is 1070. The van der Waals surface area contributed by atoms with Gasteiger partial charge in [-0.15, -0.1) is 16.4 Å². The third kappa shape index (κ3) is 2.45. The number of aryl methyl sites for hydroxylation is 2. The number of fused-ring (bicyclic) bond motifs is 5. The Kier molecular flexibility index (Phi) is 3.38. The van der Waals surface area contributed by atoms with Gasteiger partial charge in [0.15, 0.2) is 11.5 Å². The van der Waals surface area contributed by atoms with Crippen molar-refractivity contribution in [1.29, 1.82) is 0 Å². The predicted molar refractivity (Wildman–Crippen MR) is 98.0 cm³/mol. The first-order valence-electron chi connectivity index (χ1n) is 8.86. The van der Waals surface area contributed by atoms with Crippen LogP contribution in [0.15, 0.2) is 18.6 Å². The molecule has 0 saturated heterocycles. The number of hydrogen-bond donors (Lipinski definition) is 0. The highest BCUT2D eigenvalue weighted by Gasteiger charge is 2.24. The highest BCUT2D eigenvalue weighted by Crippen LogP contribution is 2.39. The second kappa shape index (κ2) is 5.62. The SMILES string of the molecule is CCC1CCc2c(sc3ncn4nc(Cn5ccc(C)n5)nc4c23)C1. The normalized spacial score (nSPS) is 17.4. The summed E-state index contributed by atoms with van der Waals surface area (Å²) in [6.07, 6.45) is 8.61. The Balaban J connectivity index is 1.61. The molecule has 1 aliphatic carbocycles. The summed E-state index contributed by atoms with van der Waals surface area (Å²) >= 11 is 1.84. The van der Waals surface area contributed by atoms with Gasteiger partial charge in [-0.2, -0.15) is 5.10 Å².